The molecular formula is C15H21BrN2O. The molecule has 0 saturated heterocycles. The maximum absolute atomic E-state index is 11.9. The molecule has 2 unspecified atom stereocenters. The zero-order chi connectivity index (χ0) is 13.7. The van der Waals surface area contributed by atoms with Gasteiger partial charge in [0, 0.05) is 23.4 Å². The van der Waals surface area contributed by atoms with Gasteiger partial charge < -0.3 is 5.32 Å². The number of aromatic nitrogens is 1. The van der Waals surface area contributed by atoms with Crippen LogP contribution >= 0.6 is 15.9 Å². The van der Waals surface area contributed by atoms with Gasteiger partial charge in [-0.05, 0) is 46.7 Å². The van der Waals surface area contributed by atoms with Gasteiger partial charge in [-0.1, -0.05) is 26.2 Å². The lowest BCUT2D eigenvalue weighted by Gasteiger charge is -2.26. The minimum Gasteiger partial charge on any atom is -0.352 e. The predicted octanol–water partition coefficient (Wildman–Crippen LogP) is 3.79. The number of nitrogens with zero attached hydrogens (tertiary/aromatic N) is 1. The van der Waals surface area contributed by atoms with Gasteiger partial charge in [-0.3, -0.25) is 9.78 Å². The van der Waals surface area contributed by atoms with Crippen LogP contribution in [0, 0.1) is 11.8 Å². The number of nitrogens with one attached hydrogen (secondary N) is 1. The van der Waals surface area contributed by atoms with Gasteiger partial charge in [0.05, 0.1) is 5.56 Å². The lowest BCUT2D eigenvalue weighted by Crippen LogP contribution is -2.27. The van der Waals surface area contributed by atoms with Crippen molar-refractivity contribution in [3.8, 4) is 0 Å². The quantitative estimate of drug-likeness (QED) is 0.915. The van der Waals surface area contributed by atoms with Crippen LogP contribution in [0.1, 0.15) is 49.4 Å². The molecule has 1 aliphatic carbocycles. The minimum atomic E-state index is -0.0299. The molecule has 19 heavy (non-hydrogen) atoms. The molecule has 2 atom stereocenters. The van der Waals surface area contributed by atoms with E-state index in [2.05, 4.69) is 33.2 Å². The number of hydrogen-bond acceptors (Lipinski definition) is 2. The van der Waals surface area contributed by atoms with E-state index in [-0.39, 0.29) is 5.91 Å². The summed E-state index contributed by atoms with van der Waals surface area (Å²) in [5.74, 6) is 1.60. The zero-order valence-electron chi connectivity index (χ0n) is 11.4. The molecule has 1 aromatic rings. The van der Waals surface area contributed by atoms with Crippen LogP contribution in [0.15, 0.2) is 22.9 Å². The Morgan fingerprint density at radius 2 is 2.32 bits per heavy atom. The van der Waals surface area contributed by atoms with Gasteiger partial charge in [-0.2, -0.15) is 0 Å². The van der Waals surface area contributed by atoms with E-state index in [0.717, 1.165) is 29.3 Å². The van der Waals surface area contributed by atoms with E-state index in [1.807, 2.05) is 0 Å². The van der Waals surface area contributed by atoms with Crippen LogP contribution < -0.4 is 5.32 Å². The lowest BCUT2D eigenvalue weighted by atomic mass is 9.81. The number of rotatable bonds is 4. The van der Waals surface area contributed by atoms with Crippen LogP contribution in [0.4, 0.5) is 0 Å². The fraction of sp³-hybridized carbons (Fsp3) is 0.600. The topological polar surface area (TPSA) is 42.0 Å². The van der Waals surface area contributed by atoms with Crippen LogP contribution in [0.25, 0.3) is 0 Å². The lowest BCUT2D eigenvalue weighted by molar-refractivity contribution is 0.0949. The van der Waals surface area contributed by atoms with Crippen molar-refractivity contribution in [2.45, 2.75) is 39.0 Å². The highest BCUT2D eigenvalue weighted by molar-refractivity contribution is 9.10. The second-order valence-corrected chi connectivity index (χ2v) is 6.49. The van der Waals surface area contributed by atoms with Crippen molar-refractivity contribution in [2.24, 2.45) is 11.8 Å². The van der Waals surface area contributed by atoms with Gasteiger partial charge >= 0.3 is 0 Å². The first-order valence-corrected chi connectivity index (χ1v) is 7.83. The standard InChI is InChI=1S/C15H21BrN2O/c1-11-3-2-4-12(7-11)5-6-18-15(19)13-8-14(16)10-17-9-13/h8-12H,2-7H2,1H3,(H,18,19). The van der Waals surface area contributed by atoms with Gasteiger partial charge in [0.15, 0.2) is 0 Å². The molecule has 0 aliphatic heterocycles. The maximum atomic E-state index is 11.9. The second-order valence-electron chi connectivity index (χ2n) is 5.57. The van der Waals surface area contributed by atoms with Crippen LogP contribution in [-0.4, -0.2) is 17.4 Å². The molecule has 1 saturated carbocycles. The van der Waals surface area contributed by atoms with Crippen LogP contribution in [0.2, 0.25) is 0 Å². The van der Waals surface area contributed by atoms with E-state index in [1.165, 1.54) is 25.7 Å². The molecule has 0 bridgehead atoms. The van der Waals surface area contributed by atoms with Crippen LogP contribution in [-0.2, 0) is 0 Å². The molecular weight excluding hydrogens is 304 g/mol. The Labute approximate surface area is 123 Å². The molecule has 2 rings (SSSR count). The van der Waals surface area contributed by atoms with Crippen molar-refractivity contribution in [3.05, 3.63) is 28.5 Å². The van der Waals surface area contributed by atoms with Gasteiger partial charge in [-0.15, -0.1) is 0 Å². The van der Waals surface area contributed by atoms with Crippen molar-refractivity contribution in [3.63, 3.8) is 0 Å². The Kier molecular flexibility index (Phi) is 5.37. The summed E-state index contributed by atoms with van der Waals surface area (Å²) in [5.41, 5.74) is 0.617. The van der Waals surface area contributed by atoms with Crippen molar-refractivity contribution < 1.29 is 4.79 Å². The van der Waals surface area contributed by atoms with E-state index < -0.39 is 0 Å². The van der Waals surface area contributed by atoms with Crippen molar-refractivity contribution in [1.82, 2.24) is 10.3 Å². The van der Waals surface area contributed by atoms with E-state index in [4.69, 9.17) is 0 Å². The number of pyridine rings is 1. The molecule has 1 heterocycles. The average molecular weight is 325 g/mol. The highest BCUT2D eigenvalue weighted by Crippen LogP contribution is 2.30. The first-order valence-electron chi connectivity index (χ1n) is 7.04. The monoisotopic (exact) mass is 324 g/mol. The molecule has 4 heteroatoms. The average Bonchev–Trinajstić information content (AvgIpc) is 2.38. The maximum Gasteiger partial charge on any atom is 0.252 e. The van der Waals surface area contributed by atoms with Gasteiger partial charge in [0.25, 0.3) is 5.91 Å². The van der Waals surface area contributed by atoms with E-state index in [1.54, 1.807) is 18.5 Å². The third-order valence-corrected chi connectivity index (χ3v) is 4.28. The molecule has 0 radical (unpaired) electrons. The number of amides is 1. The Bertz CT molecular complexity index is 436. The molecule has 104 valence electrons. The smallest absolute Gasteiger partial charge is 0.252 e. The summed E-state index contributed by atoms with van der Waals surface area (Å²) in [6.45, 7) is 3.10. The predicted molar refractivity (Wildman–Crippen MR) is 80.0 cm³/mol. The molecule has 1 amide bonds. The minimum absolute atomic E-state index is 0.0299. The molecule has 3 nitrogen and oxygen atoms in total. The number of carbonyl (C=O) groups excluding carboxylic acids is 1. The second kappa shape index (κ2) is 7.04. The summed E-state index contributed by atoms with van der Waals surface area (Å²) in [6.07, 6.45) is 9.72. The number of hydrogen-bond donors (Lipinski definition) is 1. The van der Waals surface area contributed by atoms with Gasteiger partial charge in [0.2, 0.25) is 0 Å². The molecule has 0 spiro atoms. The fourth-order valence-electron chi connectivity index (χ4n) is 2.85. The number of halogens is 1. The molecule has 0 aromatic carbocycles. The third kappa shape index (κ3) is 4.60. The Hall–Kier alpha value is -0.900. The molecule has 1 N–H and O–H groups in total. The van der Waals surface area contributed by atoms with Gasteiger partial charge in [-0.25, -0.2) is 0 Å². The van der Waals surface area contributed by atoms with Crippen LogP contribution in [0.3, 0.4) is 0 Å². The van der Waals surface area contributed by atoms with E-state index in [9.17, 15) is 4.79 Å². The highest BCUT2D eigenvalue weighted by atomic mass is 79.9. The largest absolute Gasteiger partial charge is 0.352 e. The normalized spacial score (nSPS) is 23.1. The first kappa shape index (κ1) is 14.5. The summed E-state index contributed by atoms with van der Waals surface area (Å²) in [5, 5.41) is 2.99. The summed E-state index contributed by atoms with van der Waals surface area (Å²) in [7, 11) is 0. The zero-order valence-corrected chi connectivity index (χ0v) is 12.9. The van der Waals surface area contributed by atoms with Crippen molar-refractivity contribution in [2.75, 3.05) is 6.54 Å². The fourth-order valence-corrected chi connectivity index (χ4v) is 3.21. The Morgan fingerprint density at radius 3 is 3.05 bits per heavy atom. The van der Waals surface area contributed by atoms with Gasteiger partial charge in [0.1, 0.15) is 0 Å². The van der Waals surface area contributed by atoms with E-state index >= 15 is 0 Å². The van der Waals surface area contributed by atoms with Crippen molar-refractivity contribution >= 4 is 21.8 Å². The SMILES string of the molecule is CC1CCCC(CCNC(=O)c2cncc(Br)c2)C1. The first-order chi connectivity index (χ1) is 9.15. The molecule has 1 aromatic heterocycles. The van der Waals surface area contributed by atoms with Crippen LogP contribution in [0.5, 0.6) is 0 Å². The number of carbonyl (C=O) groups is 1. The molecule has 1 fully saturated rings. The summed E-state index contributed by atoms with van der Waals surface area (Å²) < 4.78 is 0.834. The Balaban J connectivity index is 1.75. The summed E-state index contributed by atoms with van der Waals surface area (Å²) in [4.78, 5) is 15.9. The van der Waals surface area contributed by atoms with E-state index in [0.29, 0.717) is 5.56 Å². The Morgan fingerprint density at radius 1 is 1.47 bits per heavy atom. The summed E-state index contributed by atoms with van der Waals surface area (Å²) >= 11 is 3.33. The summed E-state index contributed by atoms with van der Waals surface area (Å²) in [6, 6.07) is 1.80. The molecule has 1 aliphatic rings. The highest BCUT2D eigenvalue weighted by Gasteiger charge is 2.18. The van der Waals surface area contributed by atoms with Crippen molar-refractivity contribution in [1.29, 1.82) is 0 Å². The third-order valence-electron chi connectivity index (χ3n) is 3.85.